The second kappa shape index (κ2) is 16.8. The molecule has 0 radical (unpaired) electrons. The Balaban J connectivity index is 1.12. The van der Waals surface area contributed by atoms with Crippen LogP contribution in [0.25, 0.3) is 133 Å². The first-order valence-electron chi connectivity index (χ1n) is 23.4. The topological polar surface area (TPSA) is 4.93 Å². The molecule has 12 rings (SSSR count). The van der Waals surface area contributed by atoms with Gasteiger partial charge in [0.25, 0.3) is 0 Å². The maximum atomic E-state index is 4.69. The van der Waals surface area contributed by atoms with Crippen LogP contribution in [-0.4, -0.2) is 4.57 Å². The fourth-order valence-electron chi connectivity index (χ4n) is 11.0. The Hall–Kier alpha value is -8.30. The molecule has 68 heavy (non-hydrogen) atoms. The van der Waals surface area contributed by atoms with Crippen LogP contribution >= 0.6 is 11.3 Å². The van der Waals surface area contributed by atoms with Gasteiger partial charge in [-0.25, -0.2) is 0 Å². The number of rotatable bonds is 8. The molecule has 0 atom stereocenters. The van der Waals surface area contributed by atoms with Crippen molar-refractivity contribution >= 4 is 105 Å². The average Bonchev–Trinajstić information content (AvgIpc) is 3.91. The van der Waals surface area contributed by atoms with Gasteiger partial charge in [0.15, 0.2) is 0 Å². The Morgan fingerprint density at radius 2 is 1.07 bits per heavy atom. The zero-order chi connectivity index (χ0) is 45.9. The lowest BCUT2D eigenvalue weighted by Crippen LogP contribution is -2.27. The van der Waals surface area contributed by atoms with E-state index in [4.69, 9.17) is 6.58 Å². The van der Waals surface area contributed by atoms with Gasteiger partial charge in [-0.15, -0.1) is 11.3 Å². The molecule has 0 aliphatic carbocycles. The molecule has 2 heterocycles. The number of nitrogens with zero attached hydrogens (tertiary/aromatic N) is 1. The molecule has 0 amide bonds. The zero-order valence-corrected chi connectivity index (χ0v) is 38.9. The van der Waals surface area contributed by atoms with E-state index in [9.17, 15) is 0 Å². The summed E-state index contributed by atoms with van der Waals surface area (Å²) in [5, 5.41) is 13.1. The predicted molar refractivity (Wildman–Crippen MR) is 299 cm³/mol. The third kappa shape index (κ3) is 6.44. The minimum Gasteiger partial charge on any atom is -0.309 e. The summed E-state index contributed by atoms with van der Waals surface area (Å²) in [4.78, 5) is 0. The van der Waals surface area contributed by atoms with Crippen molar-refractivity contribution in [2.24, 2.45) is 0 Å². The molecule has 0 saturated carbocycles. The lowest BCUT2D eigenvalue weighted by Gasteiger charge is -2.21. The lowest BCUT2D eigenvalue weighted by atomic mass is 9.82. The van der Waals surface area contributed by atoms with Crippen LogP contribution in [0.15, 0.2) is 213 Å². The Morgan fingerprint density at radius 3 is 1.71 bits per heavy atom. The van der Waals surface area contributed by atoms with Crippen LogP contribution in [0.1, 0.15) is 30.5 Å². The Morgan fingerprint density at radius 1 is 0.500 bits per heavy atom. The van der Waals surface area contributed by atoms with E-state index >= 15 is 0 Å². The predicted octanol–water partition coefficient (Wildman–Crippen LogP) is 17.4. The molecule has 0 bridgehead atoms. The van der Waals surface area contributed by atoms with E-state index in [1.165, 1.54) is 85.9 Å². The van der Waals surface area contributed by atoms with Crippen LogP contribution in [0.5, 0.6) is 0 Å². The minimum atomic E-state index is 1.00. The number of allylic oxidation sites excluding steroid dienone is 3. The van der Waals surface area contributed by atoms with Gasteiger partial charge in [0.05, 0.1) is 10.9 Å². The molecule has 0 aliphatic rings. The van der Waals surface area contributed by atoms with Gasteiger partial charge in [-0.1, -0.05) is 195 Å². The number of benzene rings is 10. The molecular formula is C66H47NS. The molecule has 0 unspecified atom stereocenters. The highest BCUT2D eigenvalue weighted by atomic mass is 32.1. The van der Waals surface area contributed by atoms with Crippen molar-refractivity contribution in [3.8, 4) is 39.1 Å². The van der Waals surface area contributed by atoms with Gasteiger partial charge < -0.3 is 4.57 Å². The van der Waals surface area contributed by atoms with Crippen LogP contribution < -0.4 is 10.6 Å². The lowest BCUT2D eigenvalue weighted by molar-refractivity contribution is 1.07. The standard InChI is InChI=1S/C66H47NS/c1-5-23-49-47(7-3)62(43(6-2)41-59-42(4)48-28-20-21-36-58(48)67(59)46-26-12-9-13-27-46)54-33-18-19-34-55(54)65(49)56-35-22-37-61-66(56)57-40-45(38-39-60(57)68-61)64-52-31-16-14-29-50(52)63(44-24-10-8-11-25-44)51-30-15-17-32-53(51)64/h5-41H,3-4H2,1-2H3/b23-5-,43-6+,59-41+. The summed E-state index contributed by atoms with van der Waals surface area (Å²) in [6.45, 7) is 13.5. The second-order valence-electron chi connectivity index (χ2n) is 17.5. The molecule has 1 nitrogen and oxygen atoms in total. The molecule has 12 aromatic rings. The Labute approximate surface area is 400 Å². The van der Waals surface area contributed by atoms with E-state index in [2.05, 4.69) is 249 Å². The maximum Gasteiger partial charge on any atom is 0.0541 e. The molecule has 322 valence electrons. The maximum absolute atomic E-state index is 4.69. The van der Waals surface area contributed by atoms with E-state index in [1.54, 1.807) is 0 Å². The highest BCUT2D eigenvalue weighted by Crippen LogP contribution is 2.49. The molecule has 10 aromatic carbocycles. The first-order chi connectivity index (χ1) is 33.6. The van der Waals surface area contributed by atoms with Crippen molar-refractivity contribution in [3.63, 3.8) is 0 Å². The Bertz CT molecular complexity index is 4120. The largest absolute Gasteiger partial charge is 0.309 e. The summed E-state index contributed by atoms with van der Waals surface area (Å²) in [5.41, 5.74) is 14.2. The minimum absolute atomic E-state index is 1.00. The van der Waals surface area contributed by atoms with E-state index in [-0.39, 0.29) is 0 Å². The highest BCUT2D eigenvalue weighted by Gasteiger charge is 2.23. The average molecular weight is 886 g/mol. The van der Waals surface area contributed by atoms with Crippen LogP contribution in [-0.2, 0) is 0 Å². The van der Waals surface area contributed by atoms with Crippen LogP contribution in [0.4, 0.5) is 0 Å². The number of fused-ring (bicyclic) bond motifs is 7. The molecule has 0 aliphatic heterocycles. The fourth-order valence-corrected chi connectivity index (χ4v) is 12.1. The second-order valence-corrected chi connectivity index (χ2v) is 18.5. The third-order valence-corrected chi connectivity index (χ3v) is 14.9. The molecule has 2 aromatic heterocycles. The number of aromatic nitrogens is 1. The highest BCUT2D eigenvalue weighted by molar-refractivity contribution is 7.26. The van der Waals surface area contributed by atoms with Gasteiger partial charge in [-0.2, -0.15) is 0 Å². The smallest absolute Gasteiger partial charge is 0.0541 e. The normalized spacial score (nSPS) is 12.5. The molecule has 2 heteroatoms. The van der Waals surface area contributed by atoms with Crippen molar-refractivity contribution in [1.29, 1.82) is 0 Å². The quantitative estimate of drug-likeness (QED) is 0.134. The van der Waals surface area contributed by atoms with E-state index in [1.807, 2.05) is 11.3 Å². The first-order valence-corrected chi connectivity index (χ1v) is 24.2. The van der Waals surface area contributed by atoms with Gasteiger partial charge in [-0.3, -0.25) is 0 Å². The fraction of sp³-hybridized carbons (Fsp3) is 0.0303. The van der Waals surface area contributed by atoms with E-state index in [0.717, 1.165) is 49.4 Å². The van der Waals surface area contributed by atoms with Crippen molar-refractivity contribution in [3.05, 3.63) is 240 Å². The van der Waals surface area contributed by atoms with Crippen LogP contribution in [0, 0.1) is 0 Å². The van der Waals surface area contributed by atoms with Crippen molar-refractivity contribution < 1.29 is 0 Å². The van der Waals surface area contributed by atoms with Gasteiger partial charge in [0.2, 0.25) is 0 Å². The van der Waals surface area contributed by atoms with Gasteiger partial charge >= 0.3 is 0 Å². The molecule has 0 N–H and O–H groups in total. The van der Waals surface area contributed by atoms with E-state index < -0.39 is 0 Å². The molecule has 0 fully saturated rings. The summed E-state index contributed by atoms with van der Waals surface area (Å²) in [7, 11) is 0. The summed E-state index contributed by atoms with van der Waals surface area (Å²) >= 11 is 1.87. The number of para-hydroxylation sites is 2. The summed E-state index contributed by atoms with van der Waals surface area (Å²) in [6, 6.07) is 70.9. The Kier molecular flexibility index (Phi) is 10.2. The van der Waals surface area contributed by atoms with Gasteiger partial charge in [-0.05, 0) is 144 Å². The first kappa shape index (κ1) is 41.2. The van der Waals surface area contributed by atoms with Gasteiger partial charge in [0.1, 0.15) is 0 Å². The number of hydrogen-bond acceptors (Lipinski definition) is 1. The van der Waals surface area contributed by atoms with Gasteiger partial charge in [0, 0.05) is 36.5 Å². The SMILES string of the molecule is C=Cc1c(/C=C\C)c(-c2cccc3sc4ccc(-c5c6ccccc6c(-c6ccccc6)c6ccccc56)cc4c23)c2ccccc2c1C(=C/C)/C=c1\c(=C)c2ccccc2n1-c1ccccc1. The van der Waals surface area contributed by atoms with Crippen LogP contribution in [0.2, 0.25) is 0 Å². The van der Waals surface area contributed by atoms with Crippen molar-refractivity contribution in [2.45, 2.75) is 13.8 Å². The molecule has 0 spiro atoms. The molecular weight excluding hydrogens is 839 g/mol. The summed E-state index contributed by atoms with van der Waals surface area (Å²) in [5.74, 6) is 0. The van der Waals surface area contributed by atoms with Crippen molar-refractivity contribution in [2.75, 3.05) is 0 Å². The third-order valence-electron chi connectivity index (χ3n) is 13.8. The summed E-state index contributed by atoms with van der Waals surface area (Å²) < 4.78 is 4.88. The zero-order valence-electron chi connectivity index (χ0n) is 38.1. The number of thiophene rings is 1. The molecule has 0 saturated heterocycles. The van der Waals surface area contributed by atoms with Crippen LogP contribution in [0.3, 0.4) is 0 Å². The monoisotopic (exact) mass is 885 g/mol. The number of hydrogen-bond donors (Lipinski definition) is 0. The van der Waals surface area contributed by atoms with E-state index in [0.29, 0.717) is 0 Å². The van der Waals surface area contributed by atoms with Crippen molar-refractivity contribution in [1.82, 2.24) is 4.57 Å². The summed E-state index contributed by atoms with van der Waals surface area (Å²) in [6.07, 6.45) is 11.1.